The normalized spacial score (nSPS) is 10.4. The van der Waals surface area contributed by atoms with Gasteiger partial charge in [-0.15, -0.1) is 0 Å². The summed E-state index contributed by atoms with van der Waals surface area (Å²) in [6.07, 6.45) is -0.401. The predicted molar refractivity (Wildman–Crippen MR) is 56.8 cm³/mol. The molecule has 1 heterocycles. The number of nitrogens with zero attached hydrogens (tertiary/aromatic N) is 1. The van der Waals surface area contributed by atoms with Crippen LogP contribution in [-0.4, -0.2) is 41.3 Å². The van der Waals surface area contributed by atoms with Crippen molar-refractivity contribution in [3.63, 3.8) is 0 Å². The van der Waals surface area contributed by atoms with E-state index in [-0.39, 0.29) is 18.0 Å². The van der Waals surface area contributed by atoms with E-state index in [0.717, 1.165) is 13.2 Å². The van der Waals surface area contributed by atoms with Gasteiger partial charge in [0, 0.05) is 12.3 Å². The Kier molecular flexibility index (Phi) is 4.24. The van der Waals surface area contributed by atoms with Crippen LogP contribution in [-0.2, 0) is 11.3 Å². The third-order valence-electron chi connectivity index (χ3n) is 2.07. The second kappa shape index (κ2) is 5.46. The molecule has 0 spiro atoms. The zero-order valence-corrected chi connectivity index (χ0v) is 9.41. The van der Waals surface area contributed by atoms with Gasteiger partial charge in [0.25, 0.3) is 0 Å². The fourth-order valence-corrected chi connectivity index (χ4v) is 1.39. The quantitative estimate of drug-likeness (QED) is 0.517. The summed E-state index contributed by atoms with van der Waals surface area (Å²) in [5, 5.41) is 17.8. The Hall–Kier alpha value is -1.86. The summed E-state index contributed by atoms with van der Waals surface area (Å²) in [5.74, 6) is -0.986. The predicted octanol–water partition coefficient (Wildman–Crippen LogP) is -1.05. The molecule has 0 aromatic carbocycles. The molecular weight excluding hydrogens is 230 g/mol. The Bertz CT molecular complexity index is 464. The first-order valence-electron chi connectivity index (χ1n) is 4.73. The van der Waals surface area contributed by atoms with Gasteiger partial charge in [-0.2, -0.15) is 0 Å². The third kappa shape index (κ3) is 2.83. The van der Waals surface area contributed by atoms with Crippen molar-refractivity contribution in [1.29, 1.82) is 0 Å². The molecule has 0 aliphatic rings. The average molecular weight is 243 g/mol. The molecule has 0 amide bonds. The molecule has 0 aliphatic heterocycles. The fraction of sp³-hybridized carbons (Fsp3) is 0.400. The van der Waals surface area contributed by atoms with Crippen LogP contribution in [0.25, 0.3) is 0 Å². The number of aromatic nitrogens is 1. The summed E-state index contributed by atoms with van der Waals surface area (Å²) in [6.45, 7) is -0.277. The van der Waals surface area contributed by atoms with Crippen molar-refractivity contribution in [3.8, 4) is 5.75 Å². The maximum atomic E-state index is 11.5. The molecule has 0 unspecified atom stereocenters. The van der Waals surface area contributed by atoms with Crippen LogP contribution in [0.15, 0.2) is 17.1 Å². The minimum atomic E-state index is -1.66. The van der Waals surface area contributed by atoms with E-state index in [1.165, 1.54) is 17.9 Å². The van der Waals surface area contributed by atoms with Crippen LogP contribution in [0, 0.1) is 0 Å². The molecule has 0 saturated heterocycles. The SMILES string of the molecule is COC(=O)c1c(OC)c(=O)ccn1CC(O)O. The van der Waals surface area contributed by atoms with Crippen LogP contribution in [0.4, 0.5) is 0 Å². The van der Waals surface area contributed by atoms with Crippen LogP contribution >= 0.6 is 0 Å². The fourth-order valence-electron chi connectivity index (χ4n) is 1.39. The first-order chi connectivity index (χ1) is 8.01. The van der Waals surface area contributed by atoms with Crippen LogP contribution in [0.2, 0.25) is 0 Å². The van der Waals surface area contributed by atoms with Crippen LogP contribution in [0.1, 0.15) is 10.5 Å². The average Bonchev–Trinajstić information content (AvgIpc) is 2.29. The second-order valence-corrected chi connectivity index (χ2v) is 3.19. The minimum absolute atomic E-state index is 0.157. The zero-order chi connectivity index (χ0) is 13.0. The van der Waals surface area contributed by atoms with Gasteiger partial charge in [-0.1, -0.05) is 0 Å². The molecule has 1 rings (SSSR count). The van der Waals surface area contributed by atoms with Crippen LogP contribution in [0.3, 0.4) is 0 Å². The van der Waals surface area contributed by atoms with E-state index >= 15 is 0 Å². The summed E-state index contributed by atoms with van der Waals surface area (Å²) in [6, 6.07) is 1.16. The van der Waals surface area contributed by atoms with Crippen LogP contribution < -0.4 is 10.2 Å². The molecular formula is C10H13NO6. The number of ether oxygens (including phenoxy) is 2. The zero-order valence-electron chi connectivity index (χ0n) is 9.41. The van der Waals surface area contributed by atoms with Crippen molar-refractivity contribution in [2.24, 2.45) is 0 Å². The number of carbonyl (C=O) groups excluding carboxylic acids is 1. The molecule has 7 heteroatoms. The lowest BCUT2D eigenvalue weighted by atomic mass is 10.3. The van der Waals surface area contributed by atoms with Crippen molar-refractivity contribution in [2.45, 2.75) is 12.8 Å². The number of carbonyl (C=O) groups is 1. The lowest BCUT2D eigenvalue weighted by molar-refractivity contribution is -0.0518. The Morgan fingerprint density at radius 3 is 2.59 bits per heavy atom. The molecule has 2 N–H and O–H groups in total. The van der Waals surface area contributed by atoms with E-state index in [2.05, 4.69) is 4.74 Å². The first kappa shape index (κ1) is 13.2. The van der Waals surface area contributed by atoms with Crippen LogP contribution in [0.5, 0.6) is 5.75 Å². The lowest BCUT2D eigenvalue weighted by Gasteiger charge is -2.15. The van der Waals surface area contributed by atoms with Gasteiger partial charge in [-0.3, -0.25) is 4.79 Å². The van der Waals surface area contributed by atoms with Crippen molar-refractivity contribution in [2.75, 3.05) is 14.2 Å². The third-order valence-corrected chi connectivity index (χ3v) is 2.07. The Morgan fingerprint density at radius 2 is 2.12 bits per heavy atom. The van der Waals surface area contributed by atoms with Gasteiger partial charge >= 0.3 is 5.97 Å². The highest BCUT2D eigenvalue weighted by atomic mass is 16.5. The maximum Gasteiger partial charge on any atom is 0.358 e. The van der Waals surface area contributed by atoms with Gasteiger partial charge in [0.1, 0.15) is 0 Å². The highest BCUT2D eigenvalue weighted by Crippen LogP contribution is 2.14. The summed E-state index contributed by atoms with van der Waals surface area (Å²) >= 11 is 0. The molecule has 0 saturated carbocycles. The molecule has 0 fully saturated rings. The molecule has 0 bridgehead atoms. The van der Waals surface area contributed by atoms with Gasteiger partial charge in [0.05, 0.1) is 20.8 Å². The molecule has 7 nitrogen and oxygen atoms in total. The van der Waals surface area contributed by atoms with Gasteiger partial charge in [0.2, 0.25) is 5.43 Å². The molecule has 0 atom stereocenters. The number of methoxy groups -OCH3 is 2. The number of aliphatic hydroxyl groups is 2. The van der Waals surface area contributed by atoms with Crippen molar-refractivity contribution in [3.05, 3.63) is 28.2 Å². The number of hydrogen-bond acceptors (Lipinski definition) is 6. The van der Waals surface area contributed by atoms with Crippen molar-refractivity contribution in [1.82, 2.24) is 4.57 Å². The Labute approximate surface area is 96.8 Å². The van der Waals surface area contributed by atoms with Crippen molar-refractivity contribution >= 4 is 5.97 Å². The largest absolute Gasteiger partial charge is 0.491 e. The molecule has 1 aromatic rings. The highest BCUT2D eigenvalue weighted by molar-refractivity contribution is 5.90. The van der Waals surface area contributed by atoms with E-state index in [9.17, 15) is 9.59 Å². The number of rotatable bonds is 4. The number of esters is 1. The number of pyridine rings is 1. The molecule has 94 valence electrons. The van der Waals surface area contributed by atoms with Gasteiger partial charge in [-0.05, 0) is 0 Å². The standard InChI is InChI=1S/C10H13NO6/c1-16-9-6(12)3-4-11(5-7(13)14)8(9)10(15)17-2/h3-4,7,13-14H,5H2,1-2H3. The summed E-state index contributed by atoms with van der Waals surface area (Å²) in [4.78, 5) is 23.0. The second-order valence-electron chi connectivity index (χ2n) is 3.19. The Balaban J connectivity index is 3.39. The van der Waals surface area contributed by atoms with Gasteiger partial charge in [0.15, 0.2) is 17.7 Å². The van der Waals surface area contributed by atoms with E-state index in [4.69, 9.17) is 14.9 Å². The summed E-state index contributed by atoms with van der Waals surface area (Å²) in [7, 11) is 2.39. The number of aliphatic hydroxyl groups excluding tert-OH is 1. The highest BCUT2D eigenvalue weighted by Gasteiger charge is 2.20. The maximum absolute atomic E-state index is 11.5. The topological polar surface area (TPSA) is 98.0 Å². The number of hydrogen-bond donors (Lipinski definition) is 2. The molecule has 0 radical (unpaired) electrons. The Morgan fingerprint density at radius 1 is 1.47 bits per heavy atom. The van der Waals surface area contributed by atoms with Gasteiger partial charge < -0.3 is 24.3 Å². The first-order valence-corrected chi connectivity index (χ1v) is 4.73. The molecule has 17 heavy (non-hydrogen) atoms. The van der Waals surface area contributed by atoms with E-state index < -0.39 is 17.7 Å². The van der Waals surface area contributed by atoms with Crippen molar-refractivity contribution < 1.29 is 24.5 Å². The van der Waals surface area contributed by atoms with E-state index in [1.54, 1.807) is 0 Å². The monoisotopic (exact) mass is 243 g/mol. The minimum Gasteiger partial charge on any atom is -0.491 e. The summed E-state index contributed by atoms with van der Waals surface area (Å²) < 4.78 is 10.5. The molecule has 1 aromatic heterocycles. The summed E-state index contributed by atoms with van der Waals surface area (Å²) in [5.41, 5.74) is -0.646. The molecule has 0 aliphatic carbocycles. The van der Waals surface area contributed by atoms with E-state index in [1.807, 2.05) is 0 Å². The lowest BCUT2D eigenvalue weighted by Crippen LogP contribution is -2.24. The van der Waals surface area contributed by atoms with E-state index in [0.29, 0.717) is 0 Å². The van der Waals surface area contributed by atoms with Gasteiger partial charge in [-0.25, -0.2) is 4.79 Å². The smallest absolute Gasteiger partial charge is 0.358 e.